The van der Waals surface area contributed by atoms with Crippen molar-refractivity contribution in [2.45, 2.75) is 6.42 Å². The van der Waals surface area contributed by atoms with Crippen LogP contribution in [0.25, 0.3) is 0 Å². The van der Waals surface area contributed by atoms with Crippen LogP contribution in [0.3, 0.4) is 0 Å². The molecule has 0 radical (unpaired) electrons. The van der Waals surface area contributed by atoms with Gasteiger partial charge in [0.25, 0.3) is 0 Å². The molecule has 3 nitrogen and oxygen atoms in total. The van der Waals surface area contributed by atoms with E-state index in [0.29, 0.717) is 18.7 Å². The summed E-state index contributed by atoms with van der Waals surface area (Å²) >= 11 is 0. The Labute approximate surface area is 81.5 Å². The van der Waals surface area contributed by atoms with E-state index in [0.717, 1.165) is 5.69 Å². The first-order chi connectivity index (χ1) is 6.68. The fourth-order valence-corrected chi connectivity index (χ4v) is 1.55. The molecular formula is C10H11FN2O. The van der Waals surface area contributed by atoms with Gasteiger partial charge in [-0.2, -0.15) is 0 Å². The average Bonchev–Trinajstić information content (AvgIpc) is 2.28. The van der Waals surface area contributed by atoms with Gasteiger partial charge >= 0.3 is 0 Å². The highest BCUT2D eigenvalue weighted by atomic mass is 19.1. The van der Waals surface area contributed by atoms with Crippen LogP contribution < -0.4 is 10.2 Å². The molecule has 4 heteroatoms. The number of anilines is 2. The van der Waals surface area contributed by atoms with Crippen molar-refractivity contribution in [3.05, 3.63) is 24.0 Å². The minimum Gasteiger partial charge on any atom is -0.383 e. The fourth-order valence-electron chi connectivity index (χ4n) is 1.55. The van der Waals surface area contributed by atoms with Crippen LogP contribution in [-0.2, 0) is 4.79 Å². The zero-order valence-electron chi connectivity index (χ0n) is 7.88. The van der Waals surface area contributed by atoms with E-state index in [1.807, 2.05) is 0 Å². The van der Waals surface area contributed by atoms with Gasteiger partial charge in [0.2, 0.25) is 5.91 Å². The summed E-state index contributed by atoms with van der Waals surface area (Å²) in [7, 11) is 1.70. The van der Waals surface area contributed by atoms with Crippen LogP contribution in [0.2, 0.25) is 0 Å². The molecule has 1 aliphatic heterocycles. The van der Waals surface area contributed by atoms with E-state index < -0.39 is 0 Å². The molecule has 74 valence electrons. The molecule has 14 heavy (non-hydrogen) atoms. The van der Waals surface area contributed by atoms with Gasteiger partial charge in [-0.25, -0.2) is 4.39 Å². The fraction of sp³-hybridized carbons (Fsp3) is 0.300. The molecule has 0 fully saturated rings. The average molecular weight is 194 g/mol. The minimum absolute atomic E-state index is 0.0443. The lowest BCUT2D eigenvalue weighted by Crippen LogP contribution is -2.25. The van der Waals surface area contributed by atoms with Crippen molar-refractivity contribution in [3.63, 3.8) is 0 Å². The standard InChI is InChI=1S/C10H11FN2O/c1-13-9-3-2-7(11)6-8(9)12-5-4-10(13)14/h2-3,6,12H,4-5H2,1H3. The molecule has 0 saturated heterocycles. The lowest BCUT2D eigenvalue weighted by Gasteiger charge is -2.16. The SMILES string of the molecule is CN1C(=O)CCNc2cc(F)ccc21. The minimum atomic E-state index is -0.293. The smallest absolute Gasteiger partial charge is 0.228 e. The zero-order valence-corrected chi connectivity index (χ0v) is 7.88. The van der Waals surface area contributed by atoms with E-state index in [-0.39, 0.29) is 11.7 Å². The lowest BCUT2D eigenvalue weighted by molar-refractivity contribution is -0.118. The second-order valence-corrected chi connectivity index (χ2v) is 3.29. The molecule has 1 N–H and O–H groups in total. The monoisotopic (exact) mass is 194 g/mol. The molecule has 0 saturated carbocycles. The van der Waals surface area contributed by atoms with Crippen LogP contribution in [0.4, 0.5) is 15.8 Å². The van der Waals surface area contributed by atoms with Gasteiger partial charge in [0.15, 0.2) is 0 Å². The third-order valence-corrected chi connectivity index (χ3v) is 2.35. The highest BCUT2D eigenvalue weighted by molar-refractivity contribution is 5.97. The number of nitrogens with zero attached hydrogens (tertiary/aromatic N) is 1. The molecule has 0 unspecified atom stereocenters. The number of hydrogen-bond donors (Lipinski definition) is 1. The predicted molar refractivity (Wildman–Crippen MR) is 52.9 cm³/mol. The summed E-state index contributed by atoms with van der Waals surface area (Å²) < 4.78 is 12.9. The van der Waals surface area contributed by atoms with E-state index in [1.165, 1.54) is 12.1 Å². The first-order valence-electron chi connectivity index (χ1n) is 4.48. The molecule has 1 aromatic carbocycles. The lowest BCUT2D eigenvalue weighted by atomic mass is 10.2. The summed E-state index contributed by atoms with van der Waals surface area (Å²) in [5.74, 6) is -0.248. The number of carbonyl (C=O) groups excluding carboxylic acids is 1. The van der Waals surface area contributed by atoms with Gasteiger partial charge in [-0.15, -0.1) is 0 Å². The summed E-state index contributed by atoms with van der Waals surface area (Å²) in [5.41, 5.74) is 1.41. The number of amides is 1. The van der Waals surface area contributed by atoms with Crippen LogP contribution in [0.5, 0.6) is 0 Å². The molecule has 0 atom stereocenters. The van der Waals surface area contributed by atoms with Crippen molar-refractivity contribution in [2.75, 3.05) is 23.8 Å². The summed E-state index contributed by atoms with van der Waals surface area (Å²) in [5, 5.41) is 3.02. The first kappa shape index (κ1) is 8.99. The van der Waals surface area contributed by atoms with Crippen molar-refractivity contribution in [2.24, 2.45) is 0 Å². The molecule has 0 spiro atoms. The van der Waals surface area contributed by atoms with E-state index in [4.69, 9.17) is 0 Å². The Balaban J connectivity index is 2.48. The van der Waals surface area contributed by atoms with E-state index >= 15 is 0 Å². The van der Waals surface area contributed by atoms with Crippen molar-refractivity contribution in [1.29, 1.82) is 0 Å². The predicted octanol–water partition coefficient (Wildman–Crippen LogP) is 1.60. The normalized spacial score (nSPS) is 15.9. The Morgan fingerprint density at radius 1 is 1.50 bits per heavy atom. The third kappa shape index (κ3) is 1.43. The maximum atomic E-state index is 12.9. The van der Waals surface area contributed by atoms with Crippen molar-refractivity contribution in [3.8, 4) is 0 Å². The van der Waals surface area contributed by atoms with E-state index in [2.05, 4.69) is 5.32 Å². The van der Waals surface area contributed by atoms with Crippen LogP contribution >= 0.6 is 0 Å². The summed E-state index contributed by atoms with van der Waals surface area (Å²) in [6.45, 7) is 0.555. The number of halogens is 1. The molecule has 0 bridgehead atoms. The van der Waals surface area contributed by atoms with Gasteiger partial charge in [-0.3, -0.25) is 4.79 Å². The largest absolute Gasteiger partial charge is 0.383 e. The second kappa shape index (κ2) is 3.29. The highest BCUT2D eigenvalue weighted by Gasteiger charge is 2.18. The number of rotatable bonds is 0. The van der Waals surface area contributed by atoms with Crippen LogP contribution in [0.1, 0.15) is 6.42 Å². The van der Waals surface area contributed by atoms with Gasteiger partial charge in [-0.05, 0) is 18.2 Å². The third-order valence-electron chi connectivity index (χ3n) is 2.35. The highest BCUT2D eigenvalue weighted by Crippen LogP contribution is 2.28. The molecule has 1 aliphatic rings. The molecule has 0 aliphatic carbocycles. The van der Waals surface area contributed by atoms with Crippen molar-refractivity contribution >= 4 is 17.3 Å². The number of benzene rings is 1. The van der Waals surface area contributed by atoms with Crippen LogP contribution in [0.15, 0.2) is 18.2 Å². The molecule has 1 amide bonds. The maximum Gasteiger partial charge on any atom is 0.228 e. The van der Waals surface area contributed by atoms with Gasteiger partial charge in [0, 0.05) is 20.0 Å². The van der Waals surface area contributed by atoms with Crippen molar-refractivity contribution < 1.29 is 9.18 Å². The van der Waals surface area contributed by atoms with Crippen LogP contribution in [-0.4, -0.2) is 19.5 Å². The quantitative estimate of drug-likeness (QED) is 0.680. The number of hydrogen-bond acceptors (Lipinski definition) is 2. The Kier molecular flexibility index (Phi) is 2.11. The van der Waals surface area contributed by atoms with Crippen LogP contribution in [0, 0.1) is 5.82 Å². The molecule has 2 rings (SSSR count). The Morgan fingerprint density at radius 2 is 2.29 bits per heavy atom. The second-order valence-electron chi connectivity index (χ2n) is 3.29. The molecule has 1 aromatic rings. The topological polar surface area (TPSA) is 32.3 Å². The van der Waals surface area contributed by atoms with Gasteiger partial charge < -0.3 is 10.2 Å². The molecule has 1 heterocycles. The first-order valence-corrected chi connectivity index (χ1v) is 4.48. The summed E-state index contributed by atoms with van der Waals surface area (Å²) in [6.07, 6.45) is 0.437. The number of fused-ring (bicyclic) bond motifs is 1. The zero-order chi connectivity index (χ0) is 10.1. The summed E-state index contributed by atoms with van der Waals surface area (Å²) in [6, 6.07) is 4.38. The van der Waals surface area contributed by atoms with Crippen molar-refractivity contribution in [1.82, 2.24) is 0 Å². The number of carbonyl (C=O) groups is 1. The Bertz CT molecular complexity index is 378. The maximum absolute atomic E-state index is 12.9. The van der Waals surface area contributed by atoms with Gasteiger partial charge in [0.1, 0.15) is 5.82 Å². The summed E-state index contributed by atoms with van der Waals surface area (Å²) in [4.78, 5) is 13.0. The van der Waals surface area contributed by atoms with Gasteiger partial charge in [0.05, 0.1) is 11.4 Å². The van der Waals surface area contributed by atoms with Gasteiger partial charge in [-0.1, -0.05) is 0 Å². The molecule has 0 aromatic heterocycles. The van der Waals surface area contributed by atoms with E-state index in [9.17, 15) is 9.18 Å². The number of nitrogens with one attached hydrogen (secondary N) is 1. The van der Waals surface area contributed by atoms with E-state index in [1.54, 1.807) is 18.0 Å². The Morgan fingerprint density at radius 3 is 3.07 bits per heavy atom. The Hall–Kier alpha value is -1.58. The molecular weight excluding hydrogens is 183 g/mol.